The topological polar surface area (TPSA) is 56.7 Å². The van der Waals surface area contributed by atoms with Crippen LogP contribution in [0.4, 0.5) is 4.39 Å². The Morgan fingerprint density at radius 1 is 0.870 bits per heavy atom. The molecule has 0 N–H and O–H groups in total. The van der Waals surface area contributed by atoms with E-state index in [0.717, 1.165) is 11.3 Å². The number of hydrogen-bond donors (Lipinski definition) is 0. The summed E-state index contributed by atoms with van der Waals surface area (Å²) in [4.78, 5) is 4.12. The van der Waals surface area contributed by atoms with E-state index in [1.807, 2.05) is 30.3 Å². The van der Waals surface area contributed by atoms with Crippen molar-refractivity contribution in [1.29, 1.82) is 0 Å². The van der Waals surface area contributed by atoms with Crippen molar-refractivity contribution < 1.29 is 8.81 Å². The molecule has 0 fully saturated rings. The molecule has 0 aliphatic carbocycles. The molecule has 2 aromatic carbocycles. The minimum Gasteiger partial charge on any atom is -0.415 e. The Morgan fingerprint density at radius 2 is 1.61 bits per heavy atom. The Bertz CT molecular complexity index is 929. The Morgan fingerprint density at radius 3 is 2.39 bits per heavy atom. The fourth-order valence-electron chi connectivity index (χ4n) is 2.28. The Balaban J connectivity index is 1.74. The molecule has 0 atom stereocenters. The fraction of sp³-hybridized carbons (Fsp3) is 0. The first-order valence-corrected chi connectivity index (χ1v) is 6.99. The van der Waals surface area contributed by atoms with Gasteiger partial charge in [-0.1, -0.05) is 18.2 Å². The van der Waals surface area contributed by atoms with Crippen LogP contribution in [-0.4, -0.2) is 19.7 Å². The van der Waals surface area contributed by atoms with Gasteiger partial charge in [0, 0.05) is 11.3 Å². The summed E-state index contributed by atoms with van der Waals surface area (Å²) in [6.07, 6.45) is 3.25. The molecule has 2 aromatic heterocycles. The van der Waals surface area contributed by atoms with Crippen molar-refractivity contribution >= 4 is 0 Å². The van der Waals surface area contributed by atoms with E-state index in [9.17, 15) is 4.39 Å². The first-order chi connectivity index (χ1) is 11.3. The SMILES string of the molecule is Fc1ccc(-n2cncc2-c2nnc(-c3ccccc3)o2)cc1. The Hall–Kier alpha value is -3.28. The van der Waals surface area contributed by atoms with E-state index in [1.165, 1.54) is 12.1 Å². The highest BCUT2D eigenvalue weighted by Crippen LogP contribution is 2.25. The predicted molar refractivity (Wildman–Crippen MR) is 82.3 cm³/mol. The quantitative estimate of drug-likeness (QED) is 0.579. The summed E-state index contributed by atoms with van der Waals surface area (Å²) in [6.45, 7) is 0. The molecule has 0 saturated carbocycles. The number of imidazole rings is 1. The van der Waals surface area contributed by atoms with E-state index >= 15 is 0 Å². The van der Waals surface area contributed by atoms with Gasteiger partial charge in [0.25, 0.3) is 5.89 Å². The lowest BCUT2D eigenvalue weighted by atomic mass is 10.2. The third-order valence-corrected chi connectivity index (χ3v) is 3.41. The summed E-state index contributed by atoms with van der Waals surface area (Å²) in [5.74, 6) is 0.498. The van der Waals surface area contributed by atoms with Gasteiger partial charge in [-0.2, -0.15) is 0 Å². The number of benzene rings is 2. The molecular weight excluding hydrogens is 295 g/mol. The summed E-state index contributed by atoms with van der Waals surface area (Å²) in [5.41, 5.74) is 2.25. The van der Waals surface area contributed by atoms with Crippen LogP contribution in [0.25, 0.3) is 28.7 Å². The van der Waals surface area contributed by atoms with Gasteiger partial charge in [0.15, 0.2) is 0 Å². The van der Waals surface area contributed by atoms with Crippen LogP contribution < -0.4 is 0 Å². The van der Waals surface area contributed by atoms with E-state index < -0.39 is 0 Å². The summed E-state index contributed by atoms with van der Waals surface area (Å²) < 4.78 is 20.6. The Kier molecular flexibility index (Phi) is 3.20. The van der Waals surface area contributed by atoms with Gasteiger partial charge in [-0.15, -0.1) is 10.2 Å². The molecule has 4 aromatic rings. The highest BCUT2D eigenvalue weighted by Gasteiger charge is 2.15. The van der Waals surface area contributed by atoms with E-state index in [0.29, 0.717) is 17.5 Å². The second-order valence-electron chi connectivity index (χ2n) is 4.90. The third-order valence-electron chi connectivity index (χ3n) is 3.41. The Labute approximate surface area is 131 Å². The molecule has 0 radical (unpaired) electrons. The summed E-state index contributed by atoms with van der Waals surface area (Å²) in [7, 11) is 0. The van der Waals surface area contributed by atoms with Crippen molar-refractivity contribution in [2.24, 2.45) is 0 Å². The average molecular weight is 306 g/mol. The second kappa shape index (κ2) is 5.49. The van der Waals surface area contributed by atoms with Crippen LogP contribution in [-0.2, 0) is 0 Å². The molecule has 0 aliphatic rings. The summed E-state index contributed by atoms with van der Waals surface area (Å²) >= 11 is 0. The molecule has 112 valence electrons. The lowest BCUT2D eigenvalue weighted by Crippen LogP contribution is -1.95. The van der Waals surface area contributed by atoms with Crippen molar-refractivity contribution in [3.05, 3.63) is 72.9 Å². The predicted octanol–water partition coefficient (Wildman–Crippen LogP) is 3.73. The first kappa shape index (κ1) is 13.4. The molecule has 23 heavy (non-hydrogen) atoms. The lowest BCUT2D eigenvalue weighted by Gasteiger charge is -2.04. The molecule has 0 amide bonds. The van der Waals surface area contributed by atoms with Gasteiger partial charge >= 0.3 is 0 Å². The largest absolute Gasteiger partial charge is 0.415 e. The van der Waals surface area contributed by atoms with Crippen LogP contribution in [0.15, 0.2) is 71.5 Å². The molecule has 5 nitrogen and oxygen atoms in total. The van der Waals surface area contributed by atoms with Gasteiger partial charge in [0.05, 0.1) is 12.5 Å². The zero-order chi connectivity index (χ0) is 15.6. The molecule has 6 heteroatoms. The van der Waals surface area contributed by atoms with Crippen molar-refractivity contribution in [2.45, 2.75) is 0 Å². The first-order valence-electron chi connectivity index (χ1n) is 6.99. The molecule has 0 bridgehead atoms. The van der Waals surface area contributed by atoms with Gasteiger partial charge in [-0.05, 0) is 36.4 Å². The second-order valence-corrected chi connectivity index (χ2v) is 4.90. The average Bonchev–Trinajstić information content (AvgIpc) is 3.25. The molecule has 0 spiro atoms. The van der Waals surface area contributed by atoms with E-state index in [2.05, 4.69) is 15.2 Å². The van der Waals surface area contributed by atoms with Crippen LogP contribution >= 0.6 is 0 Å². The minimum absolute atomic E-state index is 0.292. The normalized spacial score (nSPS) is 10.8. The van der Waals surface area contributed by atoms with Crippen molar-refractivity contribution in [1.82, 2.24) is 19.7 Å². The molecular formula is C17H11FN4O. The van der Waals surface area contributed by atoms with E-state index in [-0.39, 0.29) is 5.82 Å². The smallest absolute Gasteiger partial charge is 0.266 e. The highest BCUT2D eigenvalue weighted by molar-refractivity contribution is 5.57. The van der Waals surface area contributed by atoms with Gasteiger partial charge in [-0.3, -0.25) is 4.57 Å². The lowest BCUT2D eigenvalue weighted by molar-refractivity contribution is 0.580. The monoisotopic (exact) mass is 306 g/mol. The summed E-state index contributed by atoms with van der Waals surface area (Å²) in [6, 6.07) is 15.6. The van der Waals surface area contributed by atoms with Gasteiger partial charge in [0.2, 0.25) is 5.89 Å². The highest BCUT2D eigenvalue weighted by atomic mass is 19.1. The maximum absolute atomic E-state index is 13.1. The van der Waals surface area contributed by atoms with Crippen molar-refractivity contribution in [3.63, 3.8) is 0 Å². The standard InChI is InChI=1S/C17H11FN4O/c18-13-6-8-14(9-7-13)22-11-19-10-15(22)17-21-20-16(23-17)12-4-2-1-3-5-12/h1-11H. The van der Waals surface area contributed by atoms with Crippen molar-refractivity contribution in [3.8, 4) is 28.7 Å². The van der Waals surface area contributed by atoms with Crippen LogP contribution in [0.3, 0.4) is 0 Å². The fourth-order valence-corrected chi connectivity index (χ4v) is 2.28. The third kappa shape index (κ3) is 2.50. The van der Waals surface area contributed by atoms with Gasteiger partial charge in [0.1, 0.15) is 11.5 Å². The minimum atomic E-state index is -0.292. The molecule has 0 saturated heterocycles. The number of halogens is 1. The zero-order valence-corrected chi connectivity index (χ0v) is 11.9. The van der Waals surface area contributed by atoms with Gasteiger partial charge in [-0.25, -0.2) is 9.37 Å². The maximum Gasteiger partial charge on any atom is 0.266 e. The van der Waals surface area contributed by atoms with Gasteiger partial charge < -0.3 is 4.42 Å². The maximum atomic E-state index is 13.1. The van der Waals surface area contributed by atoms with Crippen LogP contribution in [0.5, 0.6) is 0 Å². The van der Waals surface area contributed by atoms with E-state index in [4.69, 9.17) is 4.42 Å². The molecule has 0 aliphatic heterocycles. The summed E-state index contributed by atoms with van der Waals surface area (Å²) in [5, 5.41) is 8.16. The molecule has 4 rings (SSSR count). The number of hydrogen-bond acceptors (Lipinski definition) is 4. The zero-order valence-electron chi connectivity index (χ0n) is 11.9. The van der Waals surface area contributed by atoms with Crippen LogP contribution in [0.2, 0.25) is 0 Å². The van der Waals surface area contributed by atoms with Crippen LogP contribution in [0.1, 0.15) is 0 Å². The number of aromatic nitrogens is 4. The van der Waals surface area contributed by atoms with Crippen molar-refractivity contribution in [2.75, 3.05) is 0 Å². The van der Waals surface area contributed by atoms with Crippen LogP contribution in [0, 0.1) is 5.82 Å². The molecule has 2 heterocycles. The van der Waals surface area contributed by atoms with E-state index in [1.54, 1.807) is 29.2 Å². The number of nitrogens with zero attached hydrogens (tertiary/aromatic N) is 4. The number of rotatable bonds is 3. The molecule has 0 unspecified atom stereocenters.